The van der Waals surface area contributed by atoms with Gasteiger partial charge in [0.2, 0.25) is 23.6 Å². The Bertz CT molecular complexity index is 1250. The number of alkyl carbamates (subject to hydrolysis) is 1. The van der Waals surface area contributed by atoms with Gasteiger partial charge in [-0.05, 0) is 6.42 Å². The second-order valence-corrected chi connectivity index (χ2v) is 12.0. The van der Waals surface area contributed by atoms with Crippen molar-refractivity contribution in [3.05, 3.63) is 11.9 Å². The largest absolute Gasteiger partial charge is 0.443 e. The molecule has 0 aromatic carbocycles. The van der Waals surface area contributed by atoms with E-state index in [4.69, 9.17) is 53.3 Å². The normalized spacial score (nSPS) is 11.0. The third-order valence-corrected chi connectivity index (χ3v) is 7.00. The number of nitrogens with one attached hydrogen (secondary N) is 5. The van der Waals surface area contributed by atoms with Gasteiger partial charge >= 0.3 is 6.09 Å². The monoisotopic (exact) mass is 867 g/mol. The zero-order valence-corrected chi connectivity index (χ0v) is 34.6. The molecule has 25 nitrogen and oxygen atoms in total. The van der Waals surface area contributed by atoms with Crippen LogP contribution in [-0.2, 0) is 84.5 Å². The average Bonchev–Trinajstić information content (AvgIpc) is 3.70. The van der Waals surface area contributed by atoms with Crippen molar-refractivity contribution in [2.75, 3.05) is 158 Å². The van der Waals surface area contributed by atoms with Crippen molar-refractivity contribution < 1.29 is 76.2 Å². The van der Waals surface area contributed by atoms with E-state index in [1.165, 1.54) is 0 Å². The molecule has 1 rings (SSSR count). The van der Waals surface area contributed by atoms with Crippen LogP contribution in [0.1, 0.15) is 19.0 Å². The molecule has 0 saturated heterocycles. The van der Waals surface area contributed by atoms with Crippen LogP contribution in [0, 0.1) is 0 Å². The summed E-state index contributed by atoms with van der Waals surface area (Å²) in [6.45, 7) is 9.85. The molecule has 346 valence electrons. The first-order chi connectivity index (χ1) is 29.3. The number of amides is 5. The molecule has 5 amide bonds. The van der Waals surface area contributed by atoms with Crippen molar-refractivity contribution >= 4 is 29.7 Å². The van der Waals surface area contributed by atoms with E-state index in [1.54, 1.807) is 10.9 Å². The van der Waals surface area contributed by atoms with Gasteiger partial charge in [-0.1, -0.05) is 12.1 Å². The Labute approximate surface area is 349 Å². The van der Waals surface area contributed by atoms with E-state index in [0.29, 0.717) is 125 Å². The third-order valence-electron chi connectivity index (χ3n) is 7.00. The lowest BCUT2D eigenvalue weighted by atomic mass is 10.4. The molecule has 0 bridgehead atoms. The first-order valence-corrected chi connectivity index (χ1v) is 19.7. The van der Waals surface area contributed by atoms with Crippen LogP contribution in [0.25, 0.3) is 0 Å². The van der Waals surface area contributed by atoms with E-state index in [2.05, 4.69) is 48.7 Å². The van der Waals surface area contributed by atoms with Crippen LogP contribution < -0.4 is 32.5 Å². The van der Waals surface area contributed by atoms with E-state index in [-0.39, 0.29) is 32.8 Å². The van der Waals surface area contributed by atoms with Crippen LogP contribution in [0.15, 0.2) is 6.20 Å². The molecular weight excluding hydrogens is 802 g/mol. The molecule has 1 aromatic heterocycles. The molecule has 0 aliphatic rings. The number of hydrogen-bond acceptors (Lipinski definition) is 19. The zero-order valence-electron chi connectivity index (χ0n) is 34.6. The minimum atomic E-state index is -0.726. The number of nitrogens with two attached hydrogens (primary N) is 1. The molecule has 1 aromatic rings. The van der Waals surface area contributed by atoms with E-state index >= 15 is 0 Å². The SMILES string of the molecule is CCCOCCOCCOCCOCCOCCOCCOCCOCCOCCn1cc(COC(=O)NCCNC(=O)CNC(=O)CNC(=O)CNC(=O)CON)nn1. The van der Waals surface area contributed by atoms with Gasteiger partial charge in [-0.3, -0.25) is 24.0 Å². The Balaban J connectivity index is 1.85. The molecule has 25 heteroatoms. The van der Waals surface area contributed by atoms with Gasteiger partial charge in [0.25, 0.3) is 0 Å². The van der Waals surface area contributed by atoms with Gasteiger partial charge < -0.3 is 74.0 Å². The summed E-state index contributed by atoms with van der Waals surface area (Å²) in [7, 11) is 0. The zero-order chi connectivity index (χ0) is 43.6. The topological polar surface area (TPSA) is 304 Å². The highest BCUT2D eigenvalue weighted by atomic mass is 16.6. The molecule has 0 atom stereocenters. The Hall–Kier alpha value is -4.15. The molecule has 60 heavy (non-hydrogen) atoms. The van der Waals surface area contributed by atoms with Crippen LogP contribution in [-0.4, -0.2) is 203 Å². The molecule has 0 saturated carbocycles. The maximum atomic E-state index is 11.9. The van der Waals surface area contributed by atoms with Crippen molar-refractivity contribution in [3.63, 3.8) is 0 Å². The van der Waals surface area contributed by atoms with Crippen molar-refractivity contribution in [3.8, 4) is 0 Å². The fraction of sp³-hybridized carbons (Fsp3) is 0.800. The summed E-state index contributed by atoms with van der Waals surface area (Å²) in [6.07, 6.45) is 1.90. The molecule has 7 N–H and O–H groups in total. The lowest BCUT2D eigenvalue weighted by Crippen LogP contribution is -2.45. The first kappa shape index (κ1) is 53.9. The van der Waals surface area contributed by atoms with Crippen LogP contribution in [0.4, 0.5) is 4.79 Å². The number of rotatable bonds is 42. The highest BCUT2D eigenvalue weighted by Gasteiger charge is 2.10. The number of aromatic nitrogens is 3. The molecule has 0 radical (unpaired) electrons. The summed E-state index contributed by atoms with van der Waals surface area (Å²) in [6, 6.07) is 0. The fourth-order valence-electron chi connectivity index (χ4n) is 4.09. The average molecular weight is 868 g/mol. The van der Waals surface area contributed by atoms with Gasteiger partial charge in [-0.15, -0.1) is 5.10 Å². The molecule has 0 unspecified atom stereocenters. The fourth-order valence-corrected chi connectivity index (χ4v) is 4.09. The van der Waals surface area contributed by atoms with Crippen molar-refractivity contribution in [1.29, 1.82) is 0 Å². The minimum Gasteiger partial charge on any atom is -0.443 e. The standard InChI is InChI=1S/C35H65N9O16/c1-2-6-50-8-10-52-12-14-54-16-18-56-20-22-58-23-21-57-19-17-55-15-13-53-11-9-51-7-5-44-27-30(42-43-44)28-59-35(49)38-4-3-37-31(45)24-39-32(46)25-40-33(47)26-41-34(48)29-60-36/h27H,2-26,28-29,36H2,1H3,(H,37,45)(H,38,49)(H,39,46)(H,40,47)(H,41,48). The van der Waals surface area contributed by atoms with Gasteiger partial charge in [-0.2, -0.15) is 0 Å². The lowest BCUT2D eigenvalue weighted by molar-refractivity contribution is -0.130. The van der Waals surface area contributed by atoms with Gasteiger partial charge in [0, 0.05) is 19.7 Å². The van der Waals surface area contributed by atoms with Gasteiger partial charge in [-0.25, -0.2) is 15.4 Å². The number of nitrogens with zero attached hydrogens (tertiary/aromatic N) is 3. The quantitative estimate of drug-likeness (QED) is 0.0273. The van der Waals surface area contributed by atoms with E-state index in [1.807, 2.05) is 0 Å². The van der Waals surface area contributed by atoms with Crippen LogP contribution >= 0.6 is 0 Å². The number of carbonyl (C=O) groups excluding carboxylic acids is 5. The predicted molar refractivity (Wildman–Crippen MR) is 208 cm³/mol. The van der Waals surface area contributed by atoms with Crippen LogP contribution in [0.3, 0.4) is 0 Å². The second kappa shape index (κ2) is 40.3. The maximum absolute atomic E-state index is 11.9. The Kier molecular flexibility index (Phi) is 36.2. The maximum Gasteiger partial charge on any atom is 0.407 e. The number of hydrogen-bond donors (Lipinski definition) is 6. The predicted octanol–water partition coefficient (Wildman–Crippen LogP) is -3.58. The minimum absolute atomic E-state index is 0.0616. The molecular formula is C35H65N9O16. The molecule has 0 spiro atoms. The van der Waals surface area contributed by atoms with Crippen LogP contribution in [0.2, 0.25) is 0 Å². The smallest absolute Gasteiger partial charge is 0.407 e. The van der Waals surface area contributed by atoms with Crippen molar-refractivity contribution in [2.45, 2.75) is 26.5 Å². The summed E-state index contributed by atoms with van der Waals surface area (Å²) in [5.74, 6) is 2.37. The highest BCUT2D eigenvalue weighted by Crippen LogP contribution is 1.97. The summed E-state index contributed by atoms with van der Waals surface area (Å²) < 4.78 is 55.8. The van der Waals surface area contributed by atoms with Crippen LogP contribution in [0.5, 0.6) is 0 Å². The van der Waals surface area contributed by atoms with Crippen molar-refractivity contribution in [2.24, 2.45) is 5.90 Å². The second-order valence-electron chi connectivity index (χ2n) is 12.0. The summed E-state index contributed by atoms with van der Waals surface area (Å²) in [4.78, 5) is 62.5. The van der Waals surface area contributed by atoms with E-state index in [0.717, 1.165) is 13.0 Å². The molecule has 0 aliphatic carbocycles. The van der Waals surface area contributed by atoms with Gasteiger partial charge in [0.15, 0.2) is 0 Å². The van der Waals surface area contributed by atoms with Gasteiger partial charge in [0.05, 0.1) is 145 Å². The molecule has 0 aliphatic heterocycles. The first-order valence-electron chi connectivity index (χ1n) is 19.7. The van der Waals surface area contributed by atoms with E-state index < -0.39 is 42.9 Å². The molecule has 1 heterocycles. The number of carbonyl (C=O) groups is 5. The highest BCUT2D eigenvalue weighted by molar-refractivity contribution is 5.90. The Morgan fingerprint density at radius 3 is 1.35 bits per heavy atom. The van der Waals surface area contributed by atoms with E-state index in [9.17, 15) is 24.0 Å². The van der Waals surface area contributed by atoms with Gasteiger partial charge in [0.1, 0.15) is 18.9 Å². The molecule has 0 fully saturated rings. The summed E-state index contributed by atoms with van der Waals surface area (Å²) in [5, 5.41) is 19.7. The Morgan fingerprint density at radius 1 is 0.533 bits per heavy atom. The van der Waals surface area contributed by atoms with Crippen molar-refractivity contribution in [1.82, 2.24) is 41.6 Å². The third kappa shape index (κ3) is 35.8. The Morgan fingerprint density at radius 2 is 0.917 bits per heavy atom. The lowest BCUT2D eigenvalue weighted by Gasteiger charge is -2.09. The summed E-state index contributed by atoms with van der Waals surface area (Å²) in [5.41, 5.74) is 0.430. The summed E-state index contributed by atoms with van der Waals surface area (Å²) >= 11 is 0. The number of ether oxygens (including phenoxy) is 10.